The summed E-state index contributed by atoms with van der Waals surface area (Å²) < 4.78 is 5.53. The first-order valence-corrected chi connectivity index (χ1v) is 6.96. The molecular formula is C16H15N3O3. The van der Waals surface area contributed by atoms with E-state index in [2.05, 4.69) is 10.3 Å². The maximum absolute atomic E-state index is 10.9. The number of benzene rings is 2. The van der Waals surface area contributed by atoms with E-state index in [0.29, 0.717) is 12.1 Å². The van der Waals surface area contributed by atoms with Gasteiger partial charge in [-0.05, 0) is 31.2 Å². The second-order valence-electron chi connectivity index (χ2n) is 4.81. The molecule has 1 N–H and O–H groups in total. The van der Waals surface area contributed by atoms with Gasteiger partial charge in [0.05, 0.1) is 28.3 Å². The number of non-ortho nitro benzene ring substituents is 1. The average molecular weight is 297 g/mol. The van der Waals surface area contributed by atoms with Crippen LogP contribution >= 0.6 is 0 Å². The van der Waals surface area contributed by atoms with Gasteiger partial charge in [-0.2, -0.15) is 0 Å². The first-order chi connectivity index (χ1) is 10.6. The lowest BCUT2D eigenvalue weighted by atomic mass is 10.1. The lowest BCUT2D eigenvalue weighted by Gasteiger charge is -2.11. The van der Waals surface area contributed by atoms with Gasteiger partial charge in [0.25, 0.3) is 5.69 Å². The number of fused-ring (bicyclic) bond motifs is 2. The van der Waals surface area contributed by atoms with E-state index in [1.54, 1.807) is 6.07 Å². The van der Waals surface area contributed by atoms with Crippen molar-refractivity contribution in [3.05, 3.63) is 46.5 Å². The highest BCUT2D eigenvalue weighted by atomic mass is 16.6. The number of nitro groups is 1. The van der Waals surface area contributed by atoms with Crippen LogP contribution in [0.2, 0.25) is 0 Å². The molecule has 0 unspecified atom stereocenters. The van der Waals surface area contributed by atoms with Crippen LogP contribution in [-0.4, -0.2) is 23.6 Å². The molecule has 0 radical (unpaired) electrons. The van der Waals surface area contributed by atoms with Crippen LogP contribution < -0.4 is 10.1 Å². The van der Waals surface area contributed by atoms with Crippen molar-refractivity contribution in [2.75, 3.05) is 19.0 Å². The molecule has 0 aliphatic heterocycles. The van der Waals surface area contributed by atoms with Crippen LogP contribution in [0.1, 0.15) is 6.92 Å². The van der Waals surface area contributed by atoms with Crippen LogP contribution in [-0.2, 0) is 0 Å². The average Bonchev–Trinajstić information content (AvgIpc) is 2.52. The van der Waals surface area contributed by atoms with Crippen LogP contribution in [0.3, 0.4) is 0 Å². The van der Waals surface area contributed by atoms with Gasteiger partial charge in [0.1, 0.15) is 5.75 Å². The number of pyridine rings is 1. The zero-order chi connectivity index (χ0) is 15.7. The van der Waals surface area contributed by atoms with E-state index in [0.717, 1.165) is 27.7 Å². The maximum atomic E-state index is 10.9. The van der Waals surface area contributed by atoms with E-state index in [9.17, 15) is 10.1 Å². The van der Waals surface area contributed by atoms with Gasteiger partial charge < -0.3 is 10.1 Å². The first kappa shape index (κ1) is 14.1. The molecule has 1 heterocycles. The monoisotopic (exact) mass is 297 g/mol. The van der Waals surface area contributed by atoms with Gasteiger partial charge in [-0.25, -0.2) is 4.98 Å². The Morgan fingerprint density at radius 2 is 2.00 bits per heavy atom. The molecule has 112 valence electrons. The van der Waals surface area contributed by atoms with Crippen molar-refractivity contribution >= 4 is 33.2 Å². The van der Waals surface area contributed by atoms with Crippen molar-refractivity contribution in [1.29, 1.82) is 0 Å². The highest BCUT2D eigenvalue weighted by Crippen LogP contribution is 2.34. The fourth-order valence-corrected chi connectivity index (χ4v) is 2.55. The first-order valence-electron chi connectivity index (χ1n) is 6.96. The summed E-state index contributed by atoms with van der Waals surface area (Å²) in [4.78, 5) is 15.0. The topological polar surface area (TPSA) is 77.3 Å². The van der Waals surface area contributed by atoms with E-state index in [4.69, 9.17) is 4.74 Å². The van der Waals surface area contributed by atoms with Crippen LogP contribution in [0.4, 0.5) is 11.4 Å². The number of ether oxygens (including phenoxy) is 1. The molecule has 6 nitrogen and oxygen atoms in total. The Balaban J connectivity index is 2.32. The van der Waals surface area contributed by atoms with Crippen LogP contribution in [0.25, 0.3) is 21.8 Å². The predicted molar refractivity (Wildman–Crippen MR) is 86.6 cm³/mol. The van der Waals surface area contributed by atoms with Gasteiger partial charge in [-0.1, -0.05) is 0 Å². The lowest BCUT2D eigenvalue weighted by molar-refractivity contribution is -0.384. The second kappa shape index (κ2) is 5.48. The van der Waals surface area contributed by atoms with Crippen LogP contribution in [0, 0.1) is 10.1 Å². The SMILES string of the molecule is CCOc1ccc2nc3cc([N+](=O)[O-])ccc3c(NC)c2c1. The standard InChI is InChI=1S/C16H15N3O3/c1-3-22-11-5-7-14-13(9-11)16(17-2)12-6-4-10(19(20)21)8-15(12)18-14/h4-9H,3H2,1-2H3,(H,17,18). The minimum atomic E-state index is -0.414. The van der Waals surface area contributed by atoms with E-state index in [1.807, 2.05) is 32.2 Å². The highest BCUT2D eigenvalue weighted by molar-refractivity contribution is 6.08. The Hall–Kier alpha value is -2.89. The molecule has 0 aliphatic rings. The number of anilines is 1. The summed E-state index contributed by atoms with van der Waals surface area (Å²) in [5, 5.41) is 15.9. The number of aromatic nitrogens is 1. The summed E-state index contributed by atoms with van der Waals surface area (Å²) in [7, 11) is 1.82. The van der Waals surface area contributed by atoms with Gasteiger partial charge >= 0.3 is 0 Å². The summed E-state index contributed by atoms with van der Waals surface area (Å²) in [6, 6.07) is 10.3. The van der Waals surface area contributed by atoms with Crippen molar-refractivity contribution in [2.45, 2.75) is 6.92 Å². The smallest absolute Gasteiger partial charge is 0.271 e. The zero-order valence-electron chi connectivity index (χ0n) is 12.3. The summed E-state index contributed by atoms with van der Waals surface area (Å²) >= 11 is 0. The number of nitro benzene ring substituents is 1. The van der Waals surface area contributed by atoms with Crippen molar-refractivity contribution in [3.63, 3.8) is 0 Å². The Bertz CT molecular complexity index is 877. The Kier molecular flexibility index (Phi) is 3.50. The van der Waals surface area contributed by atoms with Gasteiger partial charge in [0, 0.05) is 30.0 Å². The molecule has 0 bridgehead atoms. The largest absolute Gasteiger partial charge is 0.494 e. The van der Waals surface area contributed by atoms with E-state index in [-0.39, 0.29) is 5.69 Å². The van der Waals surface area contributed by atoms with Crippen molar-refractivity contribution < 1.29 is 9.66 Å². The Labute approximate surface area is 126 Å². The van der Waals surface area contributed by atoms with Gasteiger partial charge in [-0.3, -0.25) is 10.1 Å². The van der Waals surface area contributed by atoms with E-state index in [1.165, 1.54) is 12.1 Å². The molecule has 6 heteroatoms. The number of rotatable bonds is 4. The van der Waals surface area contributed by atoms with Crippen molar-refractivity contribution in [2.24, 2.45) is 0 Å². The number of nitrogens with one attached hydrogen (secondary N) is 1. The van der Waals surface area contributed by atoms with Crippen molar-refractivity contribution in [1.82, 2.24) is 4.98 Å². The number of hydrogen-bond acceptors (Lipinski definition) is 5. The summed E-state index contributed by atoms with van der Waals surface area (Å²) in [5.74, 6) is 0.773. The molecule has 22 heavy (non-hydrogen) atoms. The molecule has 2 aromatic carbocycles. The minimum Gasteiger partial charge on any atom is -0.494 e. The van der Waals surface area contributed by atoms with E-state index >= 15 is 0 Å². The fourth-order valence-electron chi connectivity index (χ4n) is 2.55. The van der Waals surface area contributed by atoms with Gasteiger partial charge in [-0.15, -0.1) is 0 Å². The van der Waals surface area contributed by atoms with Crippen molar-refractivity contribution in [3.8, 4) is 5.75 Å². The number of nitrogens with zero attached hydrogens (tertiary/aromatic N) is 2. The van der Waals surface area contributed by atoms with Gasteiger partial charge in [0.15, 0.2) is 0 Å². The molecule has 0 saturated heterocycles. The third-order valence-electron chi connectivity index (χ3n) is 3.50. The molecule has 0 saturated carbocycles. The predicted octanol–water partition coefficient (Wildman–Crippen LogP) is 3.74. The normalized spacial score (nSPS) is 10.8. The third kappa shape index (κ3) is 2.28. The van der Waals surface area contributed by atoms with Crippen LogP contribution in [0.15, 0.2) is 36.4 Å². The molecule has 0 amide bonds. The number of hydrogen-bond donors (Lipinski definition) is 1. The fraction of sp³-hybridized carbons (Fsp3) is 0.188. The second-order valence-corrected chi connectivity index (χ2v) is 4.81. The molecule has 1 aromatic heterocycles. The molecular weight excluding hydrogens is 282 g/mol. The van der Waals surface area contributed by atoms with E-state index < -0.39 is 4.92 Å². The maximum Gasteiger partial charge on any atom is 0.271 e. The molecule has 0 aliphatic carbocycles. The minimum absolute atomic E-state index is 0.0346. The molecule has 3 aromatic rings. The molecule has 0 fully saturated rings. The molecule has 0 atom stereocenters. The quantitative estimate of drug-likeness (QED) is 0.451. The lowest BCUT2D eigenvalue weighted by Crippen LogP contribution is -1.97. The van der Waals surface area contributed by atoms with Crippen LogP contribution in [0.5, 0.6) is 5.75 Å². The molecule has 3 rings (SSSR count). The summed E-state index contributed by atoms with van der Waals surface area (Å²) in [5.41, 5.74) is 2.28. The summed E-state index contributed by atoms with van der Waals surface area (Å²) in [6.07, 6.45) is 0. The summed E-state index contributed by atoms with van der Waals surface area (Å²) in [6.45, 7) is 2.52. The van der Waals surface area contributed by atoms with Gasteiger partial charge in [0.2, 0.25) is 0 Å². The Morgan fingerprint density at radius 1 is 1.18 bits per heavy atom. The molecule has 0 spiro atoms. The Morgan fingerprint density at radius 3 is 2.68 bits per heavy atom. The zero-order valence-corrected chi connectivity index (χ0v) is 12.3. The third-order valence-corrected chi connectivity index (χ3v) is 3.50. The highest BCUT2D eigenvalue weighted by Gasteiger charge is 2.13.